The number of hydrogen-bond donors (Lipinski definition) is 0. The quantitative estimate of drug-likeness (QED) is 0.620. The van der Waals surface area contributed by atoms with Crippen molar-refractivity contribution in [2.75, 3.05) is 0 Å². The predicted molar refractivity (Wildman–Crippen MR) is 62.7 cm³/mol. The summed E-state index contributed by atoms with van der Waals surface area (Å²) in [6, 6.07) is 1.04. The molecule has 15 heavy (non-hydrogen) atoms. The predicted octanol–water partition coefficient (Wildman–Crippen LogP) is 3.46. The summed E-state index contributed by atoms with van der Waals surface area (Å²) in [6.07, 6.45) is 10.3. The van der Waals surface area contributed by atoms with Crippen LogP contribution < -0.4 is 0 Å². The van der Waals surface area contributed by atoms with E-state index in [1.54, 1.807) is 12.3 Å². The van der Waals surface area contributed by atoms with Crippen molar-refractivity contribution in [3.05, 3.63) is 36.4 Å². The summed E-state index contributed by atoms with van der Waals surface area (Å²) in [6.45, 7) is 4.19. The fraction of sp³-hybridized carbons (Fsp3) is 0.500. The molecule has 0 N–H and O–H groups in total. The van der Waals surface area contributed by atoms with Crippen molar-refractivity contribution >= 4 is 9.04 Å². The summed E-state index contributed by atoms with van der Waals surface area (Å²) < 4.78 is 19.5. The highest BCUT2D eigenvalue weighted by atomic mass is 28.3. The zero-order valence-electron chi connectivity index (χ0n) is 9.24. The third-order valence-corrected chi connectivity index (χ3v) is 6.55. The van der Waals surface area contributed by atoms with E-state index in [4.69, 9.17) is 4.43 Å². The van der Waals surface area contributed by atoms with E-state index in [9.17, 15) is 4.39 Å². The third-order valence-electron chi connectivity index (χ3n) is 3.22. The van der Waals surface area contributed by atoms with Crippen molar-refractivity contribution in [3.63, 3.8) is 0 Å². The lowest BCUT2D eigenvalue weighted by Crippen LogP contribution is -2.35. The van der Waals surface area contributed by atoms with Gasteiger partial charge >= 0.3 is 0 Å². The van der Waals surface area contributed by atoms with Gasteiger partial charge in [-0.3, -0.25) is 0 Å². The minimum Gasteiger partial charge on any atom is -0.551 e. The molecule has 0 spiro atoms. The Balaban J connectivity index is 2.22. The van der Waals surface area contributed by atoms with E-state index in [2.05, 4.69) is 19.9 Å². The fourth-order valence-electron chi connectivity index (χ4n) is 2.41. The van der Waals surface area contributed by atoms with Crippen molar-refractivity contribution in [2.45, 2.75) is 31.9 Å². The highest BCUT2D eigenvalue weighted by Crippen LogP contribution is 2.46. The second-order valence-corrected chi connectivity index (χ2v) is 7.43. The lowest BCUT2D eigenvalue weighted by molar-refractivity contribution is 0.359. The van der Waals surface area contributed by atoms with Gasteiger partial charge in [-0.1, -0.05) is 32.1 Å². The van der Waals surface area contributed by atoms with Crippen LogP contribution in [0.3, 0.4) is 0 Å². The maximum Gasteiger partial charge on any atom is 0.245 e. The number of rotatable bonds is 1. The Kier molecular flexibility index (Phi) is 2.82. The van der Waals surface area contributed by atoms with Gasteiger partial charge in [0.1, 0.15) is 5.83 Å². The van der Waals surface area contributed by atoms with Gasteiger partial charge in [0.2, 0.25) is 9.04 Å². The fourth-order valence-corrected chi connectivity index (χ4v) is 5.40. The zero-order chi connectivity index (χ0) is 10.9. The van der Waals surface area contributed by atoms with Gasteiger partial charge in [-0.25, -0.2) is 4.39 Å². The molecule has 1 aliphatic heterocycles. The van der Waals surface area contributed by atoms with Crippen molar-refractivity contribution in [1.82, 2.24) is 0 Å². The molecule has 82 valence electrons. The molecule has 0 saturated carbocycles. The molecule has 2 rings (SSSR count). The van der Waals surface area contributed by atoms with Gasteiger partial charge < -0.3 is 4.43 Å². The SMILES string of the molecule is CC1(C)C=CC=C(F)C1[SiH]1CCC=CO1. The molecule has 0 fully saturated rings. The van der Waals surface area contributed by atoms with E-state index in [-0.39, 0.29) is 16.8 Å². The Hall–Kier alpha value is -0.833. The normalized spacial score (nSPS) is 33.4. The molecule has 0 amide bonds. The third kappa shape index (κ3) is 2.07. The lowest BCUT2D eigenvalue weighted by Gasteiger charge is -2.37. The second-order valence-electron chi connectivity index (χ2n) is 4.83. The molecule has 0 aromatic carbocycles. The molecule has 0 aromatic rings. The standard InChI is InChI=1S/C12H17FOSi/c1-12(2)7-5-6-10(13)11(12)15-9-4-3-8-14-15/h3,5-8,11,15H,4,9H2,1-2H3. The van der Waals surface area contributed by atoms with Gasteiger partial charge in [-0.15, -0.1) is 0 Å². The summed E-state index contributed by atoms with van der Waals surface area (Å²) >= 11 is 0. The minimum absolute atomic E-state index is 0.00699. The minimum atomic E-state index is -1.47. The largest absolute Gasteiger partial charge is 0.551 e. The summed E-state index contributed by atoms with van der Waals surface area (Å²) in [5, 5.41) is 0. The van der Waals surface area contributed by atoms with Crippen LogP contribution in [0.1, 0.15) is 20.3 Å². The average molecular weight is 224 g/mol. The van der Waals surface area contributed by atoms with E-state index in [1.165, 1.54) is 0 Å². The number of hydrogen-bond acceptors (Lipinski definition) is 1. The Bertz CT molecular complexity index is 331. The van der Waals surface area contributed by atoms with Gasteiger partial charge in [0.25, 0.3) is 0 Å². The van der Waals surface area contributed by atoms with Crippen molar-refractivity contribution in [1.29, 1.82) is 0 Å². The van der Waals surface area contributed by atoms with E-state index in [0.717, 1.165) is 12.5 Å². The smallest absolute Gasteiger partial charge is 0.245 e. The molecule has 1 nitrogen and oxygen atoms in total. The van der Waals surface area contributed by atoms with Crippen LogP contribution in [0.15, 0.2) is 36.4 Å². The van der Waals surface area contributed by atoms with E-state index in [1.807, 2.05) is 12.2 Å². The lowest BCUT2D eigenvalue weighted by atomic mass is 9.85. The Labute approximate surface area is 92.1 Å². The van der Waals surface area contributed by atoms with Crippen LogP contribution in [0, 0.1) is 5.41 Å². The van der Waals surface area contributed by atoms with Gasteiger partial charge in [-0.2, -0.15) is 0 Å². The van der Waals surface area contributed by atoms with E-state index < -0.39 is 9.04 Å². The number of allylic oxidation sites excluding steroid dienone is 5. The molecule has 0 aromatic heterocycles. The molecular weight excluding hydrogens is 207 g/mol. The van der Waals surface area contributed by atoms with Crippen LogP contribution in [0.2, 0.25) is 11.6 Å². The molecular formula is C12H17FOSi. The van der Waals surface area contributed by atoms with Crippen LogP contribution in [-0.2, 0) is 4.43 Å². The monoisotopic (exact) mass is 224 g/mol. The van der Waals surface area contributed by atoms with Crippen LogP contribution in [0.25, 0.3) is 0 Å². The Morgan fingerprint density at radius 1 is 1.53 bits per heavy atom. The summed E-state index contributed by atoms with van der Waals surface area (Å²) in [5.41, 5.74) is -0.103. The molecule has 3 heteroatoms. The molecule has 2 unspecified atom stereocenters. The van der Waals surface area contributed by atoms with Crippen LogP contribution in [0.5, 0.6) is 0 Å². The Morgan fingerprint density at radius 2 is 2.33 bits per heavy atom. The molecule has 0 radical (unpaired) electrons. The van der Waals surface area contributed by atoms with Gasteiger partial charge in [0.15, 0.2) is 0 Å². The van der Waals surface area contributed by atoms with Crippen molar-refractivity contribution in [3.8, 4) is 0 Å². The first-order chi connectivity index (χ1) is 7.11. The number of halogens is 1. The van der Waals surface area contributed by atoms with Gasteiger partial charge in [0.05, 0.1) is 6.26 Å². The highest BCUT2D eigenvalue weighted by molar-refractivity contribution is 6.55. The van der Waals surface area contributed by atoms with E-state index >= 15 is 0 Å². The molecule has 2 atom stereocenters. The summed E-state index contributed by atoms with van der Waals surface area (Å²) in [5.74, 6) is 0.00877. The molecule has 0 bridgehead atoms. The first kappa shape index (κ1) is 10.7. The van der Waals surface area contributed by atoms with Gasteiger partial charge in [0, 0.05) is 5.54 Å². The molecule has 2 aliphatic rings. The molecule has 1 heterocycles. The molecule has 0 saturated heterocycles. The molecule has 1 aliphatic carbocycles. The Morgan fingerprint density at radius 3 is 2.93 bits per heavy atom. The first-order valence-corrected chi connectivity index (χ1v) is 7.42. The van der Waals surface area contributed by atoms with Gasteiger partial charge in [-0.05, 0) is 24.0 Å². The maximum absolute atomic E-state index is 13.9. The second kappa shape index (κ2) is 3.97. The van der Waals surface area contributed by atoms with Crippen LogP contribution in [0.4, 0.5) is 4.39 Å². The summed E-state index contributed by atoms with van der Waals surface area (Å²) in [7, 11) is -1.47. The average Bonchev–Trinajstić information content (AvgIpc) is 2.17. The van der Waals surface area contributed by atoms with Crippen LogP contribution in [-0.4, -0.2) is 9.04 Å². The van der Waals surface area contributed by atoms with Crippen LogP contribution >= 0.6 is 0 Å². The summed E-state index contributed by atoms with van der Waals surface area (Å²) in [4.78, 5) is 0. The zero-order valence-corrected chi connectivity index (χ0v) is 10.4. The van der Waals surface area contributed by atoms with Crippen molar-refractivity contribution < 1.29 is 8.82 Å². The topological polar surface area (TPSA) is 9.23 Å². The first-order valence-electron chi connectivity index (χ1n) is 5.46. The maximum atomic E-state index is 13.9. The van der Waals surface area contributed by atoms with E-state index in [0.29, 0.717) is 0 Å². The van der Waals surface area contributed by atoms with Crippen molar-refractivity contribution in [2.24, 2.45) is 5.41 Å². The highest BCUT2D eigenvalue weighted by Gasteiger charge is 2.41.